The summed E-state index contributed by atoms with van der Waals surface area (Å²) in [6.45, 7) is 0.652. The SMILES string of the molecule is COc1ccc(F)cc1C(O)C1CCCO1. The summed E-state index contributed by atoms with van der Waals surface area (Å²) in [5.74, 6) is 0.109. The summed E-state index contributed by atoms with van der Waals surface area (Å²) in [6, 6.07) is 4.12. The second kappa shape index (κ2) is 4.80. The highest BCUT2D eigenvalue weighted by Gasteiger charge is 2.27. The summed E-state index contributed by atoms with van der Waals surface area (Å²) >= 11 is 0. The fraction of sp³-hybridized carbons (Fsp3) is 0.500. The van der Waals surface area contributed by atoms with Crippen molar-refractivity contribution in [2.45, 2.75) is 25.0 Å². The first-order valence-corrected chi connectivity index (χ1v) is 5.35. The van der Waals surface area contributed by atoms with Gasteiger partial charge in [-0.2, -0.15) is 0 Å². The van der Waals surface area contributed by atoms with Gasteiger partial charge in [-0.15, -0.1) is 0 Å². The molecule has 0 aromatic heterocycles. The molecule has 1 N–H and O–H groups in total. The predicted octanol–water partition coefficient (Wildman–Crippen LogP) is 2.05. The summed E-state index contributed by atoms with van der Waals surface area (Å²) in [5.41, 5.74) is 0.453. The first-order valence-electron chi connectivity index (χ1n) is 5.35. The minimum absolute atomic E-state index is 0.254. The van der Waals surface area contributed by atoms with Crippen LogP contribution in [0.25, 0.3) is 0 Å². The van der Waals surface area contributed by atoms with Crippen LogP contribution in [-0.4, -0.2) is 24.9 Å². The molecule has 1 fully saturated rings. The summed E-state index contributed by atoms with van der Waals surface area (Å²) in [5, 5.41) is 10.1. The molecule has 1 saturated heterocycles. The molecule has 0 bridgehead atoms. The van der Waals surface area contributed by atoms with E-state index in [1.54, 1.807) is 0 Å². The first kappa shape index (κ1) is 11.4. The van der Waals surface area contributed by atoms with E-state index in [1.165, 1.54) is 25.3 Å². The van der Waals surface area contributed by atoms with E-state index in [1.807, 2.05) is 0 Å². The van der Waals surface area contributed by atoms with Crippen LogP contribution in [0.15, 0.2) is 18.2 Å². The summed E-state index contributed by atoms with van der Waals surface area (Å²) < 4.78 is 23.6. The van der Waals surface area contributed by atoms with E-state index in [2.05, 4.69) is 0 Å². The summed E-state index contributed by atoms with van der Waals surface area (Å²) in [6.07, 6.45) is 0.643. The molecule has 16 heavy (non-hydrogen) atoms. The molecular formula is C12H15FO3. The monoisotopic (exact) mass is 226 g/mol. The standard InChI is InChI=1S/C12H15FO3/c1-15-10-5-4-8(13)7-9(10)12(14)11-3-2-6-16-11/h4-5,7,11-12,14H,2-3,6H2,1H3. The fourth-order valence-electron chi connectivity index (χ4n) is 1.99. The molecule has 1 heterocycles. The Balaban J connectivity index is 2.26. The highest BCUT2D eigenvalue weighted by Crippen LogP contribution is 2.32. The maximum absolute atomic E-state index is 13.1. The van der Waals surface area contributed by atoms with Crippen LogP contribution in [0.1, 0.15) is 24.5 Å². The van der Waals surface area contributed by atoms with Crippen molar-refractivity contribution < 1.29 is 19.0 Å². The molecule has 2 unspecified atom stereocenters. The molecule has 4 heteroatoms. The zero-order valence-electron chi connectivity index (χ0n) is 9.15. The minimum Gasteiger partial charge on any atom is -0.496 e. The van der Waals surface area contributed by atoms with E-state index in [0.29, 0.717) is 17.9 Å². The maximum atomic E-state index is 13.1. The van der Waals surface area contributed by atoms with Crippen molar-refractivity contribution in [3.8, 4) is 5.75 Å². The smallest absolute Gasteiger partial charge is 0.124 e. The van der Waals surface area contributed by atoms with Crippen molar-refractivity contribution in [3.05, 3.63) is 29.6 Å². The lowest BCUT2D eigenvalue weighted by Gasteiger charge is -2.19. The third-order valence-electron chi connectivity index (χ3n) is 2.83. The average Bonchev–Trinajstić information content (AvgIpc) is 2.81. The van der Waals surface area contributed by atoms with Gasteiger partial charge in [0.05, 0.1) is 13.2 Å². The van der Waals surface area contributed by atoms with Crippen molar-refractivity contribution in [1.29, 1.82) is 0 Å². The van der Waals surface area contributed by atoms with Gasteiger partial charge in [-0.05, 0) is 31.0 Å². The quantitative estimate of drug-likeness (QED) is 0.857. The third kappa shape index (κ3) is 2.18. The molecule has 0 amide bonds. The van der Waals surface area contributed by atoms with Crippen LogP contribution in [0.5, 0.6) is 5.75 Å². The van der Waals surface area contributed by atoms with Gasteiger partial charge in [-0.25, -0.2) is 4.39 Å². The number of hydrogen-bond donors (Lipinski definition) is 1. The van der Waals surface area contributed by atoms with E-state index >= 15 is 0 Å². The van der Waals surface area contributed by atoms with Crippen LogP contribution in [0.4, 0.5) is 4.39 Å². The summed E-state index contributed by atoms with van der Waals surface area (Å²) in [4.78, 5) is 0. The Labute approximate surface area is 93.8 Å². The van der Waals surface area contributed by atoms with Gasteiger partial charge in [0.1, 0.15) is 17.7 Å². The number of methoxy groups -OCH3 is 1. The van der Waals surface area contributed by atoms with Crippen LogP contribution in [0.2, 0.25) is 0 Å². The molecule has 1 aliphatic heterocycles. The van der Waals surface area contributed by atoms with Crippen LogP contribution in [0.3, 0.4) is 0 Å². The van der Waals surface area contributed by atoms with Gasteiger partial charge in [-0.1, -0.05) is 0 Å². The van der Waals surface area contributed by atoms with Gasteiger partial charge in [0.2, 0.25) is 0 Å². The van der Waals surface area contributed by atoms with Crippen molar-refractivity contribution >= 4 is 0 Å². The minimum atomic E-state index is -0.826. The highest BCUT2D eigenvalue weighted by molar-refractivity contribution is 5.36. The van der Waals surface area contributed by atoms with Crippen LogP contribution < -0.4 is 4.74 Å². The lowest BCUT2D eigenvalue weighted by molar-refractivity contribution is -0.00377. The lowest BCUT2D eigenvalue weighted by atomic mass is 10.0. The van der Waals surface area contributed by atoms with Gasteiger partial charge in [0, 0.05) is 12.2 Å². The number of halogens is 1. The number of aliphatic hydroxyl groups excluding tert-OH is 1. The van der Waals surface area contributed by atoms with E-state index in [4.69, 9.17) is 9.47 Å². The number of benzene rings is 1. The number of aliphatic hydroxyl groups is 1. The fourth-order valence-corrected chi connectivity index (χ4v) is 1.99. The number of hydrogen-bond acceptors (Lipinski definition) is 3. The Kier molecular flexibility index (Phi) is 3.41. The van der Waals surface area contributed by atoms with Gasteiger partial charge in [-0.3, -0.25) is 0 Å². The Hall–Kier alpha value is -1.13. The van der Waals surface area contributed by atoms with E-state index < -0.39 is 6.10 Å². The van der Waals surface area contributed by atoms with Gasteiger partial charge in [0.15, 0.2) is 0 Å². The molecule has 88 valence electrons. The molecule has 0 spiro atoms. The molecule has 1 aliphatic rings. The van der Waals surface area contributed by atoms with E-state index in [9.17, 15) is 9.50 Å². The Morgan fingerprint density at radius 1 is 1.56 bits per heavy atom. The topological polar surface area (TPSA) is 38.7 Å². The van der Waals surface area contributed by atoms with Crippen molar-refractivity contribution in [2.75, 3.05) is 13.7 Å². The van der Waals surface area contributed by atoms with Gasteiger partial charge < -0.3 is 14.6 Å². The lowest BCUT2D eigenvalue weighted by Crippen LogP contribution is -2.18. The van der Waals surface area contributed by atoms with Crippen LogP contribution >= 0.6 is 0 Å². The zero-order valence-corrected chi connectivity index (χ0v) is 9.15. The molecule has 3 nitrogen and oxygen atoms in total. The van der Waals surface area contributed by atoms with Gasteiger partial charge in [0.25, 0.3) is 0 Å². The molecule has 1 aromatic rings. The van der Waals surface area contributed by atoms with Crippen molar-refractivity contribution in [1.82, 2.24) is 0 Å². The van der Waals surface area contributed by atoms with Crippen molar-refractivity contribution in [2.24, 2.45) is 0 Å². The normalized spacial score (nSPS) is 22.1. The number of rotatable bonds is 3. The maximum Gasteiger partial charge on any atom is 0.124 e. The Morgan fingerprint density at radius 2 is 2.38 bits per heavy atom. The Bertz CT molecular complexity index is 361. The average molecular weight is 226 g/mol. The zero-order chi connectivity index (χ0) is 11.5. The largest absolute Gasteiger partial charge is 0.496 e. The molecule has 1 aromatic carbocycles. The Morgan fingerprint density at radius 3 is 3.00 bits per heavy atom. The second-order valence-electron chi connectivity index (χ2n) is 3.88. The summed E-state index contributed by atoms with van der Waals surface area (Å²) in [7, 11) is 1.50. The number of ether oxygens (including phenoxy) is 2. The van der Waals surface area contributed by atoms with Crippen LogP contribution in [-0.2, 0) is 4.74 Å². The van der Waals surface area contributed by atoms with Crippen molar-refractivity contribution in [3.63, 3.8) is 0 Å². The highest BCUT2D eigenvalue weighted by atomic mass is 19.1. The molecule has 0 saturated carbocycles. The van der Waals surface area contributed by atoms with Gasteiger partial charge >= 0.3 is 0 Å². The third-order valence-corrected chi connectivity index (χ3v) is 2.83. The molecule has 2 atom stereocenters. The van der Waals surface area contributed by atoms with E-state index in [0.717, 1.165) is 12.8 Å². The molecule has 0 aliphatic carbocycles. The second-order valence-corrected chi connectivity index (χ2v) is 3.88. The first-order chi connectivity index (χ1) is 7.72. The molecule has 0 radical (unpaired) electrons. The molecular weight excluding hydrogens is 211 g/mol. The predicted molar refractivity (Wildman–Crippen MR) is 56.9 cm³/mol. The van der Waals surface area contributed by atoms with Crippen LogP contribution in [0, 0.1) is 5.82 Å². The van der Waals surface area contributed by atoms with E-state index in [-0.39, 0.29) is 11.9 Å². The molecule has 2 rings (SSSR count).